The lowest BCUT2D eigenvalue weighted by atomic mass is 10.2. The molecule has 0 radical (unpaired) electrons. The summed E-state index contributed by atoms with van der Waals surface area (Å²) in [6.45, 7) is 1.79. The Kier molecular flexibility index (Phi) is 3.69. The number of aromatic nitrogens is 3. The summed E-state index contributed by atoms with van der Waals surface area (Å²) in [7, 11) is 1.58. The zero-order chi connectivity index (χ0) is 17.6. The summed E-state index contributed by atoms with van der Waals surface area (Å²) in [5, 5.41) is 1.30. The van der Waals surface area contributed by atoms with Crippen molar-refractivity contribution in [1.82, 2.24) is 15.0 Å². The minimum Gasteiger partial charge on any atom is -0.497 e. The van der Waals surface area contributed by atoms with Crippen LogP contribution in [0, 0.1) is 12.7 Å². The second-order valence-corrected chi connectivity index (χ2v) is 5.91. The fourth-order valence-corrected chi connectivity index (χ4v) is 2.96. The normalized spacial score (nSPS) is 11.2. The van der Waals surface area contributed by atoms with Crippen LogP contribution >= 0.6 is 11.6 Å². The molecule has 7 heteroatoms. The van der Waals surface area contributed by atoms with Crippen LogP contribution in [0.4, 0.5) is 4.39 Å². The van der Waals surface area contributed by atoms with E-state index in [1.165, 1.54) is 6.33 Å². The SMILES string of the molecule is COc1ccc2c(Oc3ccc4[nH]c(C)c(Cl)c4c3F)ncnc2c1. The van der Waals surface area contributed by atoms with E-state index in [0.717, 1.165) is 0 Å². The van der Waals surface area contributed by atoms with Gasteiger partial charge < -0.3 is 14.5 Å². The van der Waals surface area contributed by atoms with Crippen molar-refractivity contribution >= 4 is 33.4 Å². The molecule has 0 spiro atoms. The van der Waals surface area contributed by atoms with Crippen LogP contribution in [0.3, 0.4) is 0 Å². The number of hydrogen-bond acceptors (Lipinski definition) is 4. The molecular formula is C18H13ClFN3O2. The van der Waals surface area contributed by atoms with Crippen molar-refractivity contribution in [3.8, 4) is 17.4 Å². The van der Waals surface area contributed by atoms with Crippen LogP contribution in [0.25, 0.3) is 21.8 Å². The molecule has 0 bridgehead atoms. The molecule has 0 fully saturated rings. The molecule has 5 nitrogen and oxygen atoms in total. The zero-order valence-electron chi connectivity index (χ0n) is 13.4. The van der Waals surface area contributed by atoms with Crippen molar-refractivity contribution in [3.63, 3.8) is 0 Å². The van der Waals surface area contributed by atoms with Gasteiger partial charge in [-0.15, -0.1) is 0 Å². The number of halogens is 2. The molecule has 0 aliphatic heterocycles. The summed E-state index contributed by atoms with van der Waals surface area (Å²) in [5.41, 5.74) is 1.96. The second-order valence-electron chi connectivity index (χ2n) is 5.53. The highest BCUT2D eigenvalue weighted by molar-refractivity contribution is 6.36. The number of H-pyrrole nitrogens is 1. The predicted molar refractivity (Wildman–Crippen MR) is 94.2 cm³/mol. The van der Waals surface area contributed by atoms with Crippen LogP contribution < -0.4 is 9.47 Å². The molecule has 0 amide bonds. The Morgan fingerprint density at radius 2 is 2.00 bits per heavy atom. The van der Waals surface area contributed by atoms with Gasteiger partial charge in [-0.2, -0.15) is 0 Å². The maximum Gasteiger partial charge on any atom is 0.230 e. The van der Waals surface area contributed by atoms with Gasteiger partial charge >= 0.3 is 0 Å². The monoisotopic (exact) mass is 357 g/mol. The van der Waals surface area contributed by atoms with E-state index in [4.69, 9.17) is 21.1 Å². The first kappa shape index (κ1) is 15.7. The Hall–Kier alpha value is -2.86. The predicted octanol–water partition coefficient (Wildman–Crippen LogP) is 5.01. The highest BCUT2D eigenvalue weighted by Gasteiger charge is 2.17. The number of benzene rings is 2. The fourth-order valence-electron chi connectivity index (χ4n) is 2.72. The van der Waals surface area contributed by atoms with E-state index >= 15 is 0 Å². The highest BCUT2D eigenvalue weighted by Crippen LogP contribution is 2.36. The maximum atomic E-state index is 14.9. The summed E-state index contributed by atoms with van der Waals surface area (Å²) in [4.78, 5) is 11.3. The van der Waals surface area contributed by atoms with E-state index < -0.39 is 5.82 Å². The van der Waals surface area contributed by atoms with E-state index in [0.29, 0.717) is 38.3 Å². The van der Waals surface area contributed by atoms with Gasteiger partial charge in [-0.3, -0.25) is 0 Å². The first-order chi connectivity index (χ1) is 12.1. The molecule has 25 heavy (non-hydrogen) atoms. The van der Waals surface area contributed by atoms with Gasteiger partial charge in [0.25, 0.3) is 0 Å². The van der Waals surface area contributed by atoms with E-state index in [-0.39, 0.29) is 11.6 Å². The zero-order valence-corrected chi connectivity index (χ0v) is 14.2. The summed E-state index contributed by atoms with van der Waals surface area (Å²) in [6, 6.07) is 8.56. The smallest absolute Gasteiger partial charge is 0.230 e. The van der Waals surface area contributed by atoms with Crippen LogP contribution in [0.2, 0.25) is 5.02 Å². The van der Waals surface area contributed by atoms with Gasteiger partial charge in [-0.05, 0) is 31.2 Å². The number of fused-ring (bicyclic) bond motifs is 2. The Morgan fingerprint density at radius 3 is 2.80 bits per heavy atom. The third kappa shape index (κ3) is 2.55. The topological polar surface area (TPSA) is 60.0 Å². The first-order valence-corrected chi connectivity index (χ1v) is 7.89. The molecule has 2 aromatic carbocycles. The first-order valence-electron chi connectivity index (χ1n) is 7.51. The number of ether oxygens (including phenoxy) is 2. The number of nitrogens with one attached hydrogen (secondary N) is 1. The van der Waals surface area contributed by atoms with Gasteiger partial charge in [0.05, 0.1) is 33.9 Å². The molecule has 0 atom stereocenters. The number of rotatable bonds is 3. The van der Waals surface area contributed by atoms with Crippen LogP contribution in [0.5, 0.6) is 17.4 Å². The van der Waals surface area contributed by atoms with Crippen molar-refractivity contribution in [2.75, 3.05) is 7.11 Å². The molecule has 0 aliphatic carbocycles. The summed E-state index contributed by atoms with van der Waals surface area (Å²) in [5.74, 6) is 0.435. The second kappa shape index (κ2) is 5.89. The minimum absolute atomic E-state index is 0.0456. The third-order valence-electron chi connectivity index (χ3n) is 3.99. The highest BCUT2D eigenvalue weighted by atomic mass is 35.5. The van der Waals surface area contributed by atoms with Crippen molar-refractivity contribution in [2.24, 2.45) is 0 Å². The van der Waals surface area contributed by atoms with Crippen molar-refractivity contribution < 1.29 is 13.9 Å². The molecule has 0 unspecified atom stereocenters. The van der Waals surface area contributed by atoms with Crippen LogP contribution in [-0.2, 0) is 0 Å². The quantitative estimate of drug-likeness (QED) is 0.559. The van der Waals surface area contributed by atoms with Gasteiger partial charge in [-0.25, -0.2) is 14.4 Å². The molecule has 0 saturated carbocycles. The average Bonchev–Trinajstić information content (AvgIpc) is 2.92. The molecular weight excluding hydrogens is 345 g/mol. The van der Waals surface area contributed by atoms with E-state index in [1.807, 2.05) is 0 Å². The van der Waals surface area contributed by atoms with Crippen molar-refractivity contribution in [1.29, 1.82) is 0 Å². The fraction of sp³-hybridized carbons (Fsp3) is 0.111. The number of methoxy groups -OCH3 is 1. The molecule has 0 aliphatic rings. The molecule has 4 aromatic rings. The maximum absolute atomic E-state index is 14.9. The van der Waals surface area contributed by atoms with E-state index in [1.54, 1.807) is 44.4 Å². The largest absolute Gasteiger partial charge is 0.497 e. The molecule has 2 aromatic heterocycles. The molecule has 1 N–H and O–H groups in total. The molecule has 4 rings (SSSR count). The lowest BCUT2D eigenvalue weighted by Gasteiger charge is -2.09. The van der Waals surface area contributed by atoms with Crippen LogP contribution in [0.1, 0.15) is 5.69 Å². The summed E-state index contributed by atoms with van der Waals surface area (Å²) < 4.78 is 25.8. The minimum atomic E-state index is -0.535. The lowest BCUT2D eigenvalue weighted by Crippen LogP contribution is -1.94. The van der Waals surface area contributed by atoms with Gasteiger partial charge in [0.15, 0.2) is 11.6 Å². The van der Waals surface area contributed by atoms with Gasteiger partial charge in [0.2, 0.25) is 5.88 Å². The number of aromatic amines is 1. The average molecular weight is 358 g/mol. The molecule has 0 saturated heterocycles. The van der Waals surface area contributed by atoms with Crippen molar-refractivity contribution in [3.05, 3.63) is 53.2 Å². The number of hydrogen-bond donors (Lipinski definition) is 1. The van der Waals surface area contributed by atoms with Gasteiger partial charge in [0, 0.05) is 11.8 Å². The lowest BCUT2D eigenvalue weighted by molar-refractivity contribution is 0.415. The molecule has 126 valence electrons. The van der Waals surface area contributed by atoms with Gasteiger partial charge in [0.1, 0.15) is 12.1 Å². The number of nitrogens with zero attached hydrogens (tertiary/aromatic N) is 2. The third-order valence-corrected chi connectivity index (χ3v) is 4.46. The van der Waals surface area contributed by atoms with Gasteiger partial charge in [-0.1, -0.05) is 11.6 Å². The summed E-state index contributed by atoms with van der Waals surface area (Å²) >= 11 is 6.18. The molecule has 2 heterocycles. The Bertz CT molecular complexity index is 1110. The van der Waals surface area contributed by atoms with Crippen LogP contribution in [0.15, 0.2) is 36.7 Å². The van der Waals surface area contributed by atoms with Crippen molar-refractivity contribution in [2.45, 2.75) is 6.92 Å². The van der Waals surface area contributed by atoms with Crippen LogP contribution in [-0.4, -0.2) is 22.1 Å². The van der Waals surface area contributed by atoms with E-state index in [2.05, 4.69) is 15.0 Å². The van der Waals surface area contributed by atoms with E-state index in [9.17, 15) is 4.39 Å². The Balaban J connectivity index is 1.83. The Labute approximate surface area is 147 Å². The standard InChI is InChI=1S/C18H13ClFN3O2/c1-9-16(19)15-12(23-9)5-6-14(17(15)20)25-18-11-4-3-10(24-2)7-13(11)21-8-22-18/h3-8,23H,1-2H3. The summed E-state index contributed by atoms with van der Waals surface area (Å²) in [6.07, 6.45) is 1.36. The number of aryl methyl sites for hydroxylation is 1. The Morgan fingerprint density at radius 1 is 1.16 bits per heavy atom.